The summed E-state index contributed by atoms with van der Waals surface area (Å²) in [5.74, 6) is 0. The predicted octanol–water partition coefficient (Wildman–Crippen LogP) is 4.16. The number of benzene rings is 2. The fraction of sp³-hybridized carbons (Fsp3) is 0.211. The van der Waals surface area contributed by atoms with E-state index in [2.05, 4.69) is 65.9 Å². The van der Waals surface area contributed by atoms with Gasteiger partial charge in [0.2, 0.25) is 0 Å². The maximum Gasteiger partial charge on any atom is 0.120 e. The highest BCUT2D eigenvalue weighted by Crippen LogP contribution is 2.40. The second-order valence-electron chi connectivity index (χ2n) is 6.02. The highest BCUT2D eigenvalue weighted by atomic mass is 32.1. The van der Waals surface area contributed by atoms with Crippen LogP contribution in [0.5, 0.6) is 0 Å². The number of thiophene rings is 1. The Morgan fingerprint density at radius 1 is 1.18 bits per heavy atom. The largest absolute Gasteiger partial charge is 0.300 e. The summed E-state index contributed by atoms with van der Waals surface area (Å²) in [7, 11) is 2.09. The van der Waals surface area contributed by atoms with Crippen molar-refractivity contribution in [1.29, 1.82) is 5.26 Å². The summed E-state index contributed by atoms with van der Waals surface area (Å²) in [6, 6.07) is 19.6. The molecule has 0 spiro atoms. The van der Waals surface area contributed by atoms with Gasteiger partial charge in [-0.25, -0.2) is 0 Å². The van der Waals surface area contributed by atoms with Crippen LogP contribution in [-0.4, -0.2) is 18.5 Å². The minimum absolute atomic E-state index is 0.584. The van der Waals surface area contributed by atoms with Crippen LogP contribution in [0.15, 0.2) is 53.9 Å². The van der Waals surface area contributed by atoms with E-state index in [1.807, 2.05) is 6.07 Å². The van der Waals surface area contributed by atoms with Gasteiger partial charge in [0.1, 0.15) is 5.41 Å². The van der Waals surface area contributed by atoms with Gasteiger partial charge in [-0.05, 0) is 52.7 Å². The van der Waals surface area contributed by atoms with E-state index in [1.54, 1.807) is 11.3 Å². The number of likely N-dealkylation sites (N-methyl/N-ethyl adjacent to an activating group) is 1. The van der Waals surface area contributed by atoms with Gasteiger partial charge in [0, 0.05) is 17.8 Å². The lowest BCUT2D eigenvalue weighted by molar-refractivity contribution is 0.267. The quantitative estimate of drug-likeness (QED) is 0.675. The number of nitrogens with zero attached hydrogens (tertiary/aromatic N) is 2. The third-order valence-electron chi connectivity index (χ3n) is 4.56. The standard InChI is InChI=1S/C19H16N2S/c1-21-11-15-4-2-3-5-17(15)19(12-20,13-21)16-6-7-18-14(10-16)8-9-22-18/h2-10H,11,13H2,1H3. The van der Waals surface area contributed by atoms with E-state index < -0.39 is 5.41 Å². The van der Waals surface area contributed by atoms with E-state index >= 15 is 0 Å². The highest BCUT2D eigenvalue weighted by molar-refractivity contribution is 7.17. The van der Waals surface area contributed by atoms with Gasteiger partial charge in [-0.1, -0.05) is 30.3 Å². The molecule has 0 saturated heterocycles. The third kappa shape index (κ3) is 1.89. The van der Waals surface area contributed by atoms with Crippen molar-refractivity contribution in [1.82, 2.24) is 4.90 Å². The molecule has 0 saturated carbocycles. The lowest BCUT2D eigenvalue weighted by atomic mass is 9.71. The lowest BCUT2D eigenvalue weighted by Gasteiger charge is -2.38. The molecule has 3 heteroatoms. The van der Waals surface area contributed by atoms with Crippen LogP contribution in [0.25, 0.3) is 10.1 Å². The summed E-state index contributed by atoms with van der Waals surface area (Å²) in [4.78, 5) is 2.24. The van der Waals surface area contributed by atoms with Crippen molar-refractivity contribution in [2.45, 2.75) is 12.0 Å². The van der Waals surface area contributed by atoms with Gasteiger partial charge >= 0.3 is 0 Å². The maximum atomic E-state index is 10.1. The van der Waals surface area contributed by atoms with Gasteiger partial charge in [-0.2, -0.15) is 5.26 Å². The Hall–Kier alpha value is -2.15. The zero-order chi connectivity index (χ0) is 15.2. The predicted molar refractivity (Wildman–Crippen MR) is 91.0 cm³/mol. The molecule has 4 rings (SSSR count). The molecule has 0 aliphatic carbocycles. The number of hydrogen-bond acceptors (Lipinski definition) is 3. The molecule has 1 aliphatic heterocycles. The summed E-state index contributed by atoms with van der Waals surface area (Å²) in [5, 5.41) is 13.4. The molecule has 0 radical (unpaired) electrons. The first-order chi connectivity index (χ1) is 10.7. The number of hydrogen-bond donors (Lipinski definition) is 0. The Morgan fingerprint density at radius 2 is 2.05 bits per heavy atom. The van der Waals surface area contributed by atoms with E-state index in [4.69, 9.17) is 0 Å². The molecule has 1 unspecified atom stereocenters. The van der Waals surface area contributed by atoms with E-state index in [-0.39, 0.29) is 0 Å². The Morgan fingerprint density at radius 3 is 2.91 bits per heavy atom. The number of fused-ring (bicyclic) bond motifs is 2. The van der Waals surface area contributed by atoms with Gasteiger partial charge in [-0.15, -0.1) is 11.3 Å². The fourth-order valence-corrected chi connectivity index (χ4v) is 4.32. The van der Waals surface area contributed by atoms with Crippen molar-refractivity contribution >= 4 is 21.4 Å². The SMILES string of the molecule is CN1Cc2ccccc2C(C#N)(c2ccc3sccc3c2)C1. The molecule has 108 valence electrons. The molecular formula is C19H16N2S. The van der Waals surface area contributed by atoms with E-state index in [9.17, 15) is 5.26 Å². The van der Waals surface area contributed by atoms with Gasteiger partial charge < -0.3 is 0 Å². The number of nitriles is 1. The summed E-state index contributed by atoms with van der Waals surface area (Å²) in [6.07, 6.45) is 0. The van der Waals surface area contributed by atoms with E-state index in [0.717, 1.165) is 24.2 Å². The Bertz CT molecular complexity index is 890. The van der Waals surface area contributed by atoms with Gasteiger partial charge in [0.15, 0.2) is 0 Å². The Balaban J connectivity index is 1.98. The molecule has 1 aromatic heterocycles. The minimum atomic E-state index is -0.584. The molecule has 22 heavy (non-hydrogen) atoms. The van der Waals surface area contributed by atoms with Gasteiger partial charge in [0.25, 0.3) is 0 Å². The molecule has 1 atom stereocenters. The van der Waals surface area contributed by atoms with Gasteiger partial charge in [-0.3, -0.25) is 4.90 Å². The average Bonchev–Trinajstić information content (AvgIpc) is 3.01. The molecular weight excluding hydrogens is 288 g/mol. The van der Waals surface area contributed by atoms with Crippen LogP contribution in [-0.2, 0) is 12.0 Å². The van der Waals surface area contributed by atoms with Crippen molar-refractivity contribution in [3.05, 3.63) is 70.6 Å². The summed E-state index contributed by atoms with van der Waals surface area (Å²) in [6.45, 7) is 1.64. The van der Waals surface area contributed by atoms with E-state index in [1.165, 1.54) is 15.6 Å². The van der Waals surface area contributed by atoms with Crippen molar-refractivity contribution in [3.63, 3.8) is 0 Å². The first kappa shape index (κ1) is 13.5. The molecule has 2 nitrogen and oxygen atoms in total. The van der Waals surface area contributed by atoms with Crippen LogP contribution < -0.4 is 0 Å². The first-order valence-electron chi connectivity index (χ1n) is 7.39. The van der Waals surface area contributed by atoms with Crippen LogP contribution in [0.4, 0.5) is 0 Å². The third-order valence-corrected chi connectivity index (χ3v) is 5.46. The van der Waals surface area contributed by atoms with Crippen LogP contribution in [0.2, 0.25) is 0 Å². The van der Waals surface area contributed by atoms with Crippen LogP contribution in [0, 0.1) is 11.3 Å². The van der Waals surface area contributed by atoms with E-state index in [0.29, 0.717) is 0 Å². The summed E-state index contributed by atoms with van der Waals surface area (Å²) >= 11 is 1.74. The van der Waals surface area contributed by atoms with Crippen LogP contribution in [0.3, 0.4) is 0 Å². The molecule has 0 N–H and O–H groups in total. The minimum Gasteiger partial charge on any atom is -0.300 e. The van der Waals surface area contributed by atoms with Crippen molar-refractivity contribution in [2.75, 3.05) is 13.6 Å². The van der Waals surface area contributed by atoms with Crippen LogP contribution in [0.1, 0.15) is 16.7 Å². The fourth-order valence-electron chi connectivity index (χ4n) is 3.55. The molecule has 2 aromatic carbocycles. The normalized spacial score (nSPS) is 21.5. The smallest absolute Gasteiger partial charge is 0.120 e. The monoisotopic (exact) mass is 304 g/mol. The molecule has 2 heterocycles. The first-order valence-corrected chi connectivity index (χ1v) is 8.27. The molecule has 0 bridgehead atoms. The van der Waals surface area contributed by atoms with Crippen molar-refractivity contribution in [3.8, 4) is 6.07 Å². The van der Waals surface area contributed by atoms with Crippen LogP contribution >= 0.6 is 11.3 Å². The van der Waals surface area contributed by atoms with Crippen molar-refractivity contribution in [2.24, 2.45) is 0 Å². The highest BCUT2D eigenvalue weighted by Gasteiger charge is 2.40. The summed E-state index contributed by atoms with van der Waals surface area (Å²) in [5.41, 5.74) is 2.92. The zero-order valence-corrected chi connectivity index (χ0v) is 13.2. The molecule has 3 aromatic rings. The molecule has 0 amide bonds. The molecule has 1 aliphatic rings. The Kier molecular flexibility index (Phi) is 3.04. The zero-order valence-electron chi connectivity index (χ0n) is 12.4. The second-order valence-corrected chi connectivity index (χ2v) is 6.97. The molecule has 0 fully saturated rings. The van der Waals surface area contributed by atoms with Crippen molar-refractivity contribution < 1.29 is 0 Å². The second kappa shape index (κ2) is 4.95. The average molecular weight is 304 g/mol. The summed E-state index contributed by atoms with van der Waals surface area (Å²) < 4.78 is 1.27. The lowest BCUT2D eigenvalue weighted by Crippen LogP contribution is -2.43. The van der Waals surface area contributed by atoms with Gasteiger partial charge in [0.05, 0.1) is 6.07 Å². The topological polar surface area (TPSA) is 27.0 Å². The Labute approximate surface area is 134 Å². The number of rotatable bonds is 1. The maximum absolute atomic E-state index is 10.1.